The number of hydrogen-bond donors (Lipinski definition) is 2. The Balaban J connectivity index is 1.38. The molecule has 1 aliphatic rings. The van der Waals surface area contributed by atoms with E-state index in [1.54, 1.807) is 29.2 Å². The molecule has 1 fully saturated rings. The molecule has 0 aliphatic carbocycles. The molecule has 0 aromatic heterocycles. The van der Waals surface area contributed by atoms with Crippen LogP contribution >= 0.6 is 11.6 Å². The molecule has 0 unspecified atom stereocenters. The fraction of sp³-hybridized carbons (Fsp3) is 0.286. The second-order valence-electron chi connectivity index (χ2n) is 6.83. The summed E-state index contributed by atoms with van der Waals surface area (Å²) in [5.41, 5.74) is 0.836. The molecule has 30 heavy (non-hydrogen) atoms. The Morgan fingerprint density at radius 2 is 1.60 bits per heavy atom. The number of anilines is 1. The number of nitrogens with one attached hydrogen (secondary N) is 2. The van der Waals surface area contributed by atoms with E-state index in [2.05, 4.69) is 15.5 Å². The van der Waals surface area contributed by atoms with Gasteiger partial charge in [0.05, 0.1) is 10.6 Å². The Morgan fingerprint density at radius 3 is 2.27 bits per heavy atom. The van der Waals surface area contributed by atoms with Gasteiger partial charge >= 0.3 is 11.8 Å². The third-order valence-electron chi connectivity index (χ3n) is 4.79. The van der Waals surface area contributed by atoms with Gasteiger partial charge < -0.3 is 15.5 Å². The van der Waals surface area contributed by atoms with Crippen LogP contribution in [0.1, 0.15) is 10.4 Å². The summed E-state index contributed by atoms with van der Waals surface area (Å²) in [7, 11) is 0. The van der Waals surface area contributed by atoms with Gasteiger partial charge in [0.1, 0.15) is 5.82 Å². The second-order valence-corrected chi connectivity index (χ2v) is 7.24. The average Bonchev–Trinajstić information content (AvgIpc) is 2.75. The first-order valence-corrected chi connectivity index (χ1v) is 9.93. The van der Waals surface area contributed by atoms with E-state index in [1.165, 1.54) is 24.3 Å². The van der Waals surface area contributed by atoms with E-state index in [-0.39, 0.29) is 5.91 Å². The van der Waals surface area contributed by atoms with Crippen molar-refractivity contribution in [2.75, 3.05) is 44.6 Å². The maximum atomic E-state index is 12.9. The predicted octanol–water partition coefficient (Wildman–Crippen LogP) is 1.99. The van der Waals surface area contributed by atoms with Crippen LogP contribution in [0.3, 0.4) is 0 Å². The first-order valence-electron chi connectivity index (χ1n) is 9.55. The Hall–Kier alpha value is -2.97. The lowest BCUT2D eigenvalue weighted by molar-refractivity contribution is -0.136. The molecular formula is C21H22ClFN4O3. The molecule has 158 valence electrons. The SMILES string of the molecule is O=C(NCCN1CCN(C(=O)c2ccccc2Cl)CC1)C(=O)Nc1ccc(F)cc1. The van der Waals surface area contributed by atoms with Crippen LogP contribution < -0.4 is 10.6 Å². The zero-order valence-electron chi connectivity index (χ0n) is 16.2. The monoisotopic (exact) mass is 432 g/mol. The van der Waals surface area contributed by atoms with Crippen molar-refractivity contribution >= 4 is 35.0 Å². The van der Waals surface area contributed by atoms with Gasteiger partial charge in [-0.25, -0.2) is 4.39 Å². The third-order valence-corrected chi connectivity index (χ3v) is 5.12. The molecule has 3 amide bonds. The van der Waals surface area contributed by atoms with Crippen LogP contribution in [0.15, 0.2) is 48.5 Å². The third kappa shape index (κ3) is 5.77. The Bertz CT molecular complexity index is 915. The summed E-state index contributed by atoms with van der Waals surface area (Å²) in [6, 6.07) is 12.1. The summed E-state index contributed by atoms with van der Waals surface area (Å²) in [6.45, 7) is 3.30. The molecule has 0 bridgehead atoms. The standard InChI is InChI=1S/C21H22ClFN4O3/c22-18-4-2-1-3-17(18)21(30)27-13-11-26(12-14-27)10-9-24-19(28)20(29)25-16-7-5-15(23)6-8-16/h1-8H,9-14H2,(H,24,28)(H,25,29). The van der Waals surface area contributed by atoms with Crippen molar-refractivity contribution in [1.29, 1.82) is 0 Å². The van der Waals surface area contributed by atoms with Gasteiger partial charge in [-0.1, -0.05) is 23.7 Å². The zero-order valence-corrected chi connectivity index (χ0v) is 17.0. The van der Waals surface area contributed by atoms with Gasteiger partial charge in [0.25, 0.3) is 5.91 Å². The lowest BCUT2D eigenvalue weighted by atomic mass is 10.2. The van der Waals surface area contributed by atoms with Crippen molar-refractivity contribution in [1.82, 2.24) is 15.1 Å². The molecule has 3 rings (SSSR count). The average molecular weight is 433 g/mol. The molecule has 9 heteroatoms. The summed E-state index contributed by atoms with van der Waals surface area (Å²) in [5, 5.41) is 5.41. The molecule has 0 atom stereocenters. The summed E-state index contributed by atoms with van der Waals surface area (Å²) < 4.78 is 12.9. The van der Waals surface area contributed by atoms with Crippen molar-refractivity contribution in [2.24, 2.45) is 0 Å². The van der Waals surface area contributed by atoms with Crippen LogP contribution in [0, 0.1) is 5.82 Å². The molecule has 2 N–H and O–H groups in total. The van der Waals surface area contributed by atoms with Crippen molar-refractivity contribution < 1.29 is 18.8 Å². The number of amides is 3. The fourth-order valence-corrected chi connectivity index (χ4v) is 3.33. The summed E-state index contributed by atoms with van der Waals surface area (Å²) in [5.74, 6) is -2.08. The van der Waals surface area contributed by atoms with E-state index in [0.717, 1.165) is 0 Å². The molecule has 7 nitrogen and oxygen atoms in total. The topological polar surface area (TPSA) is 81.8 Å². The molecule has 0 spiro atoms. The van der Waals surface area contributed by atoms with Gasteiger partial charge in [-0.2, -0.15) is 0 Å². The van der Waals surface area contributed by atoms with Gasteiger partial charge in [0.2, 0.25) is 0 Å². The molecule has 1 aliphatic heterocycles. The van der Waals surface area contributed by atoms with Gasteiger partial charge in [0, 0.05) is 45.0 Å². The Morgan fingerprint density at radius 1 is 0.933 bits per heavy atom. The van der Waals surface area contributed by atoms with Crippen LogP contribution in [0.5, 0.6) is 0 Å². The lowest BCUT2D eigenvalue weighted by Gasteiger charge is -2.34. The van der Waals surface area contributed by atoms with Crippen molar-refractivity contribution in [3.63, 3.8) is 0 Å². The van der Waals surface area contributed by atoms with Crippen LogP contribution in [-0.4, -0.2) is 66.8 Å². The number of rotatable bonds is 5. The number of carbonyl (C=O) groups excluding carboxylic acids is 3. The minimum atomic E-state index is -0.809. The molecule has 0 radical (unpaired) electrons. The highest BCUT2D eigenvalue weighted by Gasteiger charge is 2.23. The normalized spacial score (nSPS) is 14.3. The molecule has 2 aromatic carbocycles. The van der Waals surface area contributed by atoms with Gasteiger partial charge in [0.15, 0.2) is 0 Å². The number of piperazine rings is 1. The number of nitrogens with zero attached hydrogens (tertiary/aromatic N) is 2. The van der Waals surface area contributed by atoms with E-state index < -0.39 is 17.6 Å². The maximum Gasteiger partial charge on any atom is 0.313 e. The maximum absolute atomic E-state index is 12.9. The van der Waals surface area contributed by atoms with E-state index >= 15 is 0 Å². The first kappa shape index (κ1) is 21.7. The van der Waals surface area contributed by atoms with Gasteiger partial charge in [-0.3, -0.25) is 19.3 Å². The first-order chi connectivity index (χ1) is 14.4. The number of hydrogen-bond acceptors (Lipinski definition) is 4. The van der Waals surface area contributed by atoms with Gasteiger partial charge in [-0.05, 0) is 36.4 Å². The second kappa shape index (κ2) is 10.2. The molecular weight excluding hydrogens is 411 g/mol. The molecule has 1 saturated heterocycles. The van der Waals surface area contributed by atoms with Crippen LogP contribution in [0.4, 0.5) is 10.1 Å². The highest BCUT2D eigenvalue weighted by molar-refractivity contribution is 6.39. The number of carbonyl (C=O) groups is 3. The highest BCUT2D eigenvalue weighted by atomic mass is 35.5. The molecule has 1 heterocycles. The smallest absolute Gasteiger partial charge is 0.313 e. The van der Waals surface area contributed by atoms with Gasteiger partial charge in [-0.15, -0.1) is 0 Å². The largest absolute Gasteiger partial charge is 0.347 e. The van der Waals surface area contributed by atoms with Crippen molar-refractivity contribution in [3.8, 4) is 0 Å². The molecule has 2 aromatic rings. The van der Waals surface area contributed by atoms with E-state index in [0.29, 0.717) is 55.5 Å². The minimum absolute atomic E-state index is 0.0917. The van der Waals surface area contributed by atoms with Crippen LogP contribution in [0.2, 0.25) is 5.02 Å². The summed E-state index contributed by atoms with van der Waals surface area (Å²) in [6.07, 6.45) is 0. The quantitative estimate of drug-likeness (QED) is 0.708. The molecule has 0 saturated carbocycles. The minimum Gasteiger partial charge on any atom is -0.347 e. The zero-order chi connectivity index (χ0) is 21.5. The van der Waals surface area contributed by atoms with Crippen LogP contribution in [-0.2, 0) is 9.59 Å². The van der Waals surface area contributed by atoms with Crippen molar-refractivity contribution in [3.05, 3.63) is 64.9 Å². The lowest BCUT2D eigenvalue weighted by Crippen LogP contribution is -2.50. The van der Waals surface area contributed by atoms with E-state index in [1.807, 2.05) is 0 Å². The Labute approximate surface area is 178 Å². The predicted molar refractivity (Wildman–Crippen MR) is 112 cm³/mol. The summed E-state index contributed by atoms with van der Waals surface area (Å²) in [4.78, 5) is 40.2. The highest BCUT2D eigenvalue weighted by Crippen LogP contribution is 2.18. The van der Waals surface area contributed by atoms with Crippen molar-refractivity contribution in [2.45, 2.75) is 0 Å². The number of benzene rings is 2. The Kier molecular flexibility index (Phi) is 7.37. The van der Waals surface area contributed by atoms with E-state index in [9.17, 15) is 18.8 Å². The summed E-state index contributed by atoms with van der Waals surface area (Å²) >= 11 is 6.10. The number of halogens is 2. The van der Waals surface area contributed by atoms with Crippen LogP contribution in [0.25, 0.3) is 0 Å². The van der Waals surface area contributed by atoms with E-state index in [4.69, 9.17) is 11.6 Å². The fourth-order valence-electron chi connectivity index (χ4n) is 3.11.